The minimum Gasteiger partial charge on any atom is -0.497 e. The minimum absolute atomic E-state index is 0.0661. The zero-order valence-electron chi connectivity index (χ0n) is 13.4. The summed E-state index contributed by atoms with van der Waals surface area (Å²) >= 11 is 0. The third kappa shape index (κ3) is 2.77. The molecule has 0 aliphatic rings. The molecule has 0 aliphatic carbocycles. The van der Waals surface area contributed by atoms with Gasteiger partial charge >= 0.3 is 0 Å². The molecular weight excluding hydrogens is 292 g/mol. The summed E-state index contributed by atoms with van der Waals surface area (Å²) < 4.78 is 12.2. The van der Waals surface area contributed by atoms with Crippen molar-refractivity contribution in [3.63, 3.8) is 0 Å². The number of aryl methyl sites for hydroxylation is 1. The van der Waals surface area contributed by atoms with Crippen LogP contribution in [-0.2, 0) is 6.54 Å². The highest BCUT2D eigenvalue weighted by molar-refractivity contribution is 5.80. The van der Waals surface area contributed by atoms with Crippen LogP contribution in [-0.4, -0.2) is 23.8 Å². The largest absolute Gasteiger partial charge is 0.497 e. The normalized spacial score (nSPS) is 10.7. The molecule has 0 aliphatic heterocycles. The van der Waals surface area contributed by atoms with E-state index >= 15 is 0 Å². The van der Waals surface area contributed by atoms with E-state index in [4.69, 9.17) is 9.47 Å². The fraction of sp³-hybridized carbons (Fsp3) is 0.222. The molecular formula is C18H18N2O3. The van der Waals surface area contributed by atoms with E-state index in [2.05, 4.69) is 4.98 Å². The molecule has 0 fully saturated rings. The van der Waals surface area contributed by atoms with Gasteiger partial charge in [0.1, 0.15) is 11.5 Å². The van der Waals surface area contributed by atoms with Crippen molar-refractivity contribution in [1.82, 2.24) is 9.55 Å². The molecule has 0 radical (unpaired) electrons. The molecule has 3 rings (SSSR count). The van der Waals surface area contributed by atoms with Gasteiger partial charge < -0.3 is 9.47 Å². The van der Waals surface area contributed by atoms with Gasteiger partial charge in [0.25, 0.3) is 5.56 Å². The van der Waals surface area contributed by atoms with Crippen LogP contribution in [0.3, 0.4) is 0 Å². The molecule has 2 aromatic carbocycles. The number of rotatable bonds is 4. The third-order valence-electron chi connectivity index (χ3n) is 3.88. The number of hydrogen-bond acceptors (Lipinski definition) is 4. The maximum absolute atomic E-state index is 12.7. The molecule has 3 aromatic rings. The van der Waals surface area contributed by atoms with E-state index in [1.54, 1.807) is 31.2 Å². The molecule has 1 aromatic heterocycles. The summed E-state index contributed by atoms with van der Waals surface area (Å²) in [6, 6.07) is 11.1. The minimum atomic E-state index is -0.0661. The Morgan fingerprint density at radius 1 is 1.13 bits per heavy atom. The second-order valence-electron chi connectivity index (χ2n) is 5.33. The first-order valence-corrected chi connectivity index (χ1v) is 7.29. The summed E-state index contributed by atoms with van der Waals surface area (Å²) in [5.74, 6) is 1.43. The quantitative estimate of drug-likeness (QED) is 0.743. The van der Waals surface area contributed by atoms with Crippen molar-refractivity contribution in [2.75, 3.05) is 14.2 Å². The maximum atomic E-state index is 12.7. The number of fused-ring (bicyclic) bond motifs is 1. The van der Waals surface area contributed by atoms with Crippen molar-refractivity contribution >= 4 is 10.9 Å². The Morgan fingerprint density at radius 3 is 2.70 bits per heavy atom. The fourth-order valence-corrected chi connectivity index (χ4v) is 2.64. The van der Waals surface area contributed by atoms with Crippen molar-refractivity contribution in [2.45, 2.75) is 13.5 Å². The van der Waals surface area contributed by atoms with Gasteiger partial charge in [0.05, 0.1) is 38.0 Å². The van der Waals surface area contributed by atoms with E-state index in [9.17, 15) is 4.79 Å². The van der Waals surface area contributed by atoms with Gasteiger partial charge in [-0.1, -0.05) is 12.1 Å². The highest BCUT2D eigenvalue weighted by Gasteiger charge is 2.10. The van der Waals surface area contributed by atoms with Crippen LogP contribution in [0.1, 0.15) is 11.1 Å². The Hall–Kier alpha value is -2.82. The Labute approximate surface area is 134 Å². The van der Waals surface area contributed by atoms with Gasteiger partial charge in [-0.2, -0.15) is 0 Å². The van der Waals surface area contributed by atoms with E-state index in [1.807, 2.05) is 37.3 Å². The monoisotopic (exact) mass is 310 g/mol. The van der Waals surface area contributed by atoms with E-state index in [-0.39, 0.29) is 5.56 Å². The fourth-order valence-electron chi connectivity index (χ4n) is 2.64. The number of hydrogen-bond donors (Lipinski definition) is 0. The van der Waals surface area contributed by atoms with Crippen molar-refractivity contribution < 1.29 is 9.47 Å². The molecule has 0 spiro atoms. The van der Waals surface area contributed by atoms with Crippen LogP contribution in [0.2, 0.25) is 0 Å². The summed E-state index contributed by atoms with van der Waals surface area (Å²) in [4.78, 5) is 17.1. The van der Waals surface area contributed by atoms with Gasteiger partial charge in [0, 0.05) is 5.56 Å². The number of ether oxygens (including phenoxy) is 2. The second kappa shape index (κ2) is 6.12. The molecule has 0 saturated heterocycles. The van der Waals surface area contributed by atoms with Crippen molar-refractivity contribution in [3.05, 3.63) is 64.2 Å². The molecule has 1 heterocycles. The number of aromatic nitrogens is 2. The summed E-state index contributed by atoms with van der Waals surface area (Å²) in [5.41, 5.74) is 2.53. The van der Waals surface area contributed by atoms with E-state index < -0.39 is 0 Å². The zero-order chi connectivity index (χ0) is 16.4. The molecule has 0 bridgehead atoms. The lowest BCUT2D eigenvalue weighted by Crippen LogP contribution is -2.21. The lowest BCUT2D eigenvalue weighted by molar-refractivity contribution is 0.397. The molecule has 0 N–H and O–H groups in total. The molecule has 0 unspecified atom stereocenters. The van der Waals surface area contributed by atoms with Crippen LogP contribution in [0.4, 0.5) is 0 Å². The lowest BCUT2D eigenvalue weighted by atomic mass is 10.1. The molecule has 0 atom stereocenters. The zero-order valence-corrected chi connectivity index (χ0v) is 13.4. The van der Waals surface area contributed by atoms with Crippen molar-refractivity contribution in [2.24, 2.45) is 0 Å². The summed E-state index contributed by atoms with van der Waals surface area (Å²) in [6.45, 7) is 2.32. The van der Waals surface area contributed by atoms with Gasteiger partial charge in [-0.05, 0) is 36.8 Å². The molecule has 118 valence electrons. The number of para-hydroxylation sites is 1. The molecule has 0 saturated carbocycles. The van der Waals surface area contributed by atoms with Crippen molar-refractivity contribution in [3.8, 4) is 11.5 Å². The van der Waals surface area contributed by atoms with E-state index in [1.165, 1.54) is 0 Å². The van der Waals surface area contributed by atoms with Crippen LogP contribution >= 0.6 is 0 Å². The van der Waals surface area contributed by atoms with Crippen molar-refractivity contribution in [1.29, 1.82) is 0 Å². The Balaban J connectivity index is 2.09. The predicted octanol–water partition coefficient (Wildman–Crippen LogP) is 2.77. The van der Waals surface area contributed by atoms with Crippen LogP contribution in [0.15, 0.2) is 47.5 Å². The third-order valence-corrected chi connectivity index (χ3v) is 3.88. The molecule has 23 heavy (non-hydrogen) atoms. The number of nitrogens with zero attached hydrogens (tertiary/aromatic N) is 2. The average molecular weight is 310 g/mol. The molecule has 5 heteroatoms. The molecule has 0 amide bonds. The summed E-state index contributed by atoms with van der Waals surface area (Å²) in [7, 11) is 3.22. The number of benzene rings is 2. The highest BCUT2D eigenvalue weighted by Crippen LogP contribution is 2.24. The van der Waals surface area contributed by atoms with Gasteiger partial charge in [0.2, 0.25) is 0 Å². The topological polar surface area (TPSA) is 53.4 Å². The predicted molar refractivity (Wildman–Crippen MR) is 89.4 cm³/mol. The smallest absolute Gasteiger partial charge is 0.261 e. The summed E-state index contributed by atoms with van der Waals surface area (Å²) in [5, 5.41) is 0.620. The average Bonchev–Trinajstić information content (AvgIpc) is 2.58. The first-order valence-electron chi connectivity index (χ1n) is 7.29. The van der Waals surface area contributed by atoms with Gasteiger partial charge in [-0.3, -0.25) is 9.36 Å². The second-order valence-corrected chi connectivity index (χ2v) is 5.33. The Bertz CT molecular complexity index is 916. The lowest BCUT2D eigenvalue weighted by Gasteiger charge is -2.12. The standard InChI is InChI=1S/C18H18N2O3/c1-12-5-4-6-15-17(12)19-11-20(18(15)21)10-13-9-14(22-2)7-8-16(13)23-3/h4-9,11H,10H2,1-3H3. The van der Waals surface area contributed by atoms with Gasteiger partial charge in [0.15, 0.2) is 0 Å². The SMILES string of the molecule is COc1ccc(OC)c(Cn2cnc3c(C)cccc3c2=O)c1. The van der Waals surface area contributed by atoms with E-state index in [0.717, 1.165) is 22.4 Å². The first-order chi connectivity index (χ1) is 11.1. The first kappa shape index (κ1) is 15.1. The molecule has 5 nitrogen and oxygen atoms in total. The van der Waals surface area contributed by atoms with Crippen LogP contribution < -0.4 is 15.0 Å². The van der Waals surface area contributed by atoms with Crippen LogP contribution in [0.5, 0.6) is 11.5 Å². The van der Waals surface area contributed by atoms with E-state index in [0.29, 0.717) is 17.7 Å². The van der Waals surface area contributed by atoms with Gasteiger partial charge in [-0.25, -0.2) is 4.98 Å². The van der Waals surface area contributed by atoms with Crippen LogP contribution in [0, 0.1) is 6.92 Å². The number of methoxy groups -OCH3 is 2. The Kier molecular flexibility index (Phi) is 4.02. The van der Waals surface area contributed by atoms with Crippen LogP contribution in [0.25, 0.3) is 10.9 Å². The highest BCUT2D eigenvalue weighted by atomic mass is 16.5. The maximum Gasteiger partial charge on any atom is 0.261 e. The van der Waals surface area contributed by atoms with Gasteiger partial charge in [-0.15, -0.1) is 0 Å². The Morgan fingerprint density at radius 2 is 1.96 bits per heavy atom. The summed E-state index contributed by atoms with van der Waals surface area (Å²) in [6.07, 6.45) is 1.58.